The van der Waals surface area contributed by atoms with Gasteiger partial charge in [0, 0.05) is 26.4 Å². The second-order valence-corrected chi connectivity index (χ2v) is 5.33. The zero-order valence-electron chi connectivity index (χ0n) is 12.0. The summed E-state index contributed by atoms with van der Waals surface area (Å²) in [5.41, 5.74) is 7.05. The standard InChI is InChI=1S/C15H19N3O3/c1-20-10-4-7-18(8-5-10)9-12-13(15(16)19)14-11(21-12)3-2-6-17-14/h2-3,6,10H,4-5,7-9H2,1H3,(H2,16,19). The predicted octanol–water partition coefficient (Wildman–Crippen LogP) is 1.54. The first-order chi connectivity index (χ1) is 10.2. The number of nitrogens with zero attached hydrogens (tertiary/aromatic N) is 2. The highest BCUT2D eigenvalue weighted by atomic mass is 16.5. The lowest BCUT2D eigenvalue weighted by Gasteiger charge is -2.30. The third-order valence-electron chi connectivity index (χ3n) is 4.00. The number of piperidine rings is 1. The van der Waals surface area contributed by atoms with Crippen LogP contribution >= 0.6 is 0 Å². The van der Waals surface area contributed by atoms with Gasteiger partial charge >= 0.3 is 0 Å². The van der Waals surface area contributed by atoms with Crippen LogP contribution in [0.5, 0.6) is 0 Å². The van der Waals surface area contributed by atoms with E-state index in [2.05, 4.69) is 9.88 Å². The fourth-order valence-corrected chi connectivity index (χ4v) is 2.85. The third-order valence-corrected chi connectivity index (χ3v) is 4.00. The van der Waals surface area contributed by atoms with Crippen LogP contribution in [0.4, 0.5) is 0 Å². The summed E-state index contributed by atoms with van der Waals surface area (Å²) >= 11 is 0. The molecule has 0 aromatic carbocycles. The Bertz CT molecular complexity index is 645. The molecular formula is C15H19N3O3. The number of hydrogen-bond donors (Lipinski definition) is 1. The Morgan fingerprint density at radius 2 is 2.29 bits per heavy atom. The van der Waals surface area contributed by atoms with E-state index in [1.165, 1.54) is 0 Å². The molecule has 0 aliphatic carbocycles. The van der Waals surface area contributed by atoms with Gasteiger partial charge in [-0.1, -0.05) is 0 Å². The average Bonchev–Trinajstić information content (AvgIpc) is 2.86. The van der Waals surface area contributed by atoms with Crippen molar-refractivity contribution in [2.24, 2.45) is 5.73 Å². The highest BCUT2D eigenvalue weighted by Crippen LogP contribution is 2.26. The number of primary amides is 1. The molecule has 0 spiro atoms. The van der Waals surface area contributed by atoms with Crippen LogP contribution in [0, 0.1) is 0 Å². The minimum absolute atomic E-state index is 0.328. The van der Waals surface area contributed by atoms with E-state index in [4.69, 9.17) is 14.9 Å². The van der Waals surface area contributed by atoms with Gasteiger partial charge < -0.3 is 14.9 Å². The quantitative estimate of drug-likeness (QED) is 0.923. The summed E-state index contributed by atoms with van der Waals surface area (Å²) in [6.07, 6.45) is 3.94. The summed E-state index contributed by atoms with van der Waals surface area (Å²) in [4.78, 5) is 18.2. The van der Waals surface area contributed by atoms with Crippen LogP contribution in [0.25, 0.3) is 11.1 Å². The molecule has 1 saturated heterocycles. The molecule has 3 heterocycles. The lowest BCUT2D eigenvalue weighted by Crippen LogP contribution is -2.36. The third kappa shape index (κ3) is 2.77. The number of carbonyl (C=O) groups excluding carboxylic acids is 1. The number of pyridine rings is 1. The van der Waals surface area contributed by atoms with Crippen molar-refractivity contribution in [3.8, 4) is 0 Å². The number of nitrogens with two attached hydrogens (primary N) is 1. The van der Waals surface area contributed by atoms with Crippen molar-refractivity contribution in [3.63, 3.8) is 0 Å². The molecule has 1 aliphatic heterocycles. The first kappa shape index (κ1) is 14.0. The van der Waals surface area contributed by atoms with Crippen molar-refractivity contribution in [1.29, 1.82) is 0 Å². The fourth-order valence-electron chi connectivity index (χ4n) is 2.85. The van der Waals surface area contributed by atoms with E-state index in [1.807, 2.05) is 0 Å². The Hall–Kier alpha value is -1.92. The highest BCUT2D eigenvalue weighted by Gasteiger charge is 2.24. The van der Waals surface area contributed by atoms with Crippen LogP contribution in [-0.4, -0.2) is 42.1 Å². The highest BCUT2D eigenvalue weighted by molar-refractivity contribution is 6.04. The summed E-state index contributed by atoms with van der Waals surface area (Å²) in [5, 5.41) is 0. The molecule has 6 heteroatoms. The lowest BCUT2D eigenvalue weighted by molar-refractivity contribution is 0.0370. The van der Waals surface area contributed by atoms with Gasteiger partial charge in [0.25, 0.3) is 5.91 Å². The minimum Gasteiger partial charge on any atom is -0.457 e. The maximum Gasteiger partial charge on any atom is 0.254 e. The van der Waals surface area contributed by atoms with Gasteiger partial charge in [-0.2, -0.15) is 0 Å². The lowest BCUT2D eigenvalue weighted by atomic mass is 10.1. The number of methoxy groups -OCH3 is 1. The SMILES string of the molecule is COC1CCN(Cc2oc3cccnc3c2C(N)=O)CC1. The molecule has 1 fully saturated rings. The number of ether oxygens (including phenoxy) is 1. The second kappa shape index (κ2) is 5.83. The Morgan fingerprint density at radius 3 is 2.95 bits per heavy atom. The fraction of sp³-hybridized carbons (Fsp3) is 0.467. The monoisotopic (exact) mass is 289 g/mol. The van der Waals surface area contributed by atoms with Gasteiger partial charge in [-0.3, -0.25) is 14.7 Å². The van der Waals surface area contributed by atoms with E-state index in [-0.39, 0.29) is 0 Å². The van der Waals surface area contributed by atoms with Gasteiger partial charge in [-0.15, -0.1) is 0 Å². The molecule has 6 nitrogen and oxygen atoms in total. The van der Waals surface area contributed by atoms with Crippen molar-refractivity contribution >= 4 is 17.0 Å². The molecule has 1 amide bonds. The molecule has 0 atom stereocenters. The second-order valence-electron chi connectivity index (χ2n) is 5.33. The van der Waals surface area contributed by atoms with Crippen LogP contribution in [0.15, 0.2) is 22.7 Å². The zero-order valence-corrected chi connectivity index (χ0v) is 12.0. The van der Waals surface area contributed by atoms with E-state index < -0.39 is 5.91 Å². The van der Waals surface area contributed by atoms with Crippen molar-refractivity contribution in [2.75, 3.05) is 20.2 Å². The zero-order chi connectivity index (χ0) is 14.8. The smallest absolute Gasteiger partial charge is 0.254 e. The largest absolute Gasteiger partial charge is 0.457 e. The molecule has 2 N–H and O–H groups in total. The molecule has 1 aliphatic rings. The van der Waals surface area contributed by atoms with Gasteiger partial charge in [-0.05, 0) is 25.0 Å². The molecule has 0 saturated carbocycles. The molecule has 21 heavy (non-hydrogen) atoms. The van der Waals surface area contributed by atoms with Gasteiger partial charge in [0.1, 0.15) is 16.8 Å². The van der Waals surface area contributed by atoms with E-state index >= 15 is 0 Å². The summed E-state index contributed by atoms with van der Waals surface area (Å²) in [7, 11) is 1.75. The topological polar surface area (TPSA) is 81.6 Å². The maximum absolute atomic E-state index is 11.7. The molecule has 2 aromatic heterocycles. The minimum atomic E-state index is -0.491. The molecule has 2 aromatic rings. The number of fused-ring (bicyclic) bond motifs is 1. The van der Waals surface area contributed by atoms with E-state index in [0.29, 0.717) is 35.1 Å². The van der Waals surface area contributed by atoms with E-state index in [9.17, 15) is 4.79 Å². The van der Waals surface area contributed by atoms with E-state index in [1.54, 1.807) is 25.4 Å². The Kier molecular flexibility index (Phi) is 3.90. The average molecular weight is 289 g/mol. The van der Waals surface area contributed by atoms with Crippen molar-refractivity contribution in [1.82, 2.24) is 9.88 Å². The van der Waals surface area contributed by atoms with Crippen molar-refractivity contribution in [3.05, 3.63) is 29.7 Å². The molecular weight excluding hydrogens is 270 g/mol. The maximum atomic E-state index is 11.7. The number of amides is 1. The Labute approximate surface area is 122 Å². The predicted molar refractivity (Wildman–Crippen MR) is 77.8 cm³/mol. The summed E-state index contributed by atoms with van der Waals surface area (Å²) in [6, 6.07) is 3.58. The van der Waals surface area contributed by atoms with Crippen molar-refractivity contribution < 1.29 is 13.9 Å². The van der Waals surface area contributed by atoms with Crippen LogP contribution in [-0.2, 0) is 11.3 Å². The number of hydrogen-bond acceptors (Lipinski definition) is 5. The summed E-state index contributed by atoms with van der Waals surface area (Å²) in [6.45, 7) is 2.41. The first-order valence-corrected chi connectivity index (χ1v) is 7.10. The Balaban J connectivity index is 1.84. The summed E-state index contributed by atoms with van der Waals surface area (Å²) in [5.74, 6) is 0.112. The molecule has 0 unspecified atom stereocenters. The normalized spacial score (nSPS) is 17.4. The number of carbonyl (C=O) groups is 1. The van der Waals surface area contributed by atoms with Gasteiger partial charge in [0.05, 0.1) is 12.6 Å². The first-order valence-electron chi connectivity index (χ1n) is 7.10. The van der Waals surface area contributed by atoms with Crippen LogP contribution in [0.2, 0.25) is 0 Å². The molecule has 3 rings (SSSR count). The van der Waals surface area contributed by atoms with Gasteiger partial charge in [0.2, 0.25) is 0 Å². The van der Waals surface area contributed by atoms with Crippen molar-refractivity contribution in [2.45, 2.75) is 25.5 Å². The molecule has 112 valence electrons. The number of likely N-dealkylation sites (tertiary alicyclic amines) is 1. The van der Waals surface area contributed by atoms with Crippen LogP contribution < -0.4 is 5.73 Å². The summed E-state index contributed by atoms with van der Waals surface area (Å²) < 4.78 is 11.1. The molecule has 0 radical (unpaired) electrons. The van der Waals surface area contributed by atoms with Crippen LogP contribution in [0.3, 0.4) is 0 Å². The van der Waals surface area contributed by atoms with Gasteiger partial charge in [0.15, 0.2) is 5.58 Å². The number of rotatable bonds is 4. The number of furan rings is 1. The number of aromatic nitrogens is 1. The molecule has 0 bridgehead atoms. The van der Waals surface area contributed by atoms with Crippen LogP contribution in [0.1, 0.15) is 29.0 Å². The Morgan fingerprint density at radius 1 is 1.52 bits per heavy atom. The van der Waals surface area contributed by atoms with Gasteiger partial charge in [-0.25, -0.2) is 0 Å². The van der Waals surface area contributed by atoms with E-state index in [0.717, 1.165) is 25.9 Å².